The van der Waals surface area contributed by atoms with Crippen molar-refractivity contribution in [3.63, 3.8) is 0 Å². The van der Waals surface area contributed by atoms with Crippen LogP contribution in [0.2, 0.25) is 0 Å². The summed E-state index contributed by atoms with van der Waals surface area (Å²) in [7, 11) is 0. The van der Waals surface area contributed by atoms with Crippen molar-refractivity contribution < 1.29 is 19.3 Å². The van der Waals surface area contributed by atoms with Crippen LogP contribution in [0.25, 0.3) is 0 Å². The fourth-order valence-electron chi connectivity index (χ4n) is 0.828. The molecular weight excluding hydrogens is 172 g/mol. The third-order valence-corrected chi connectivity index (χ3v) is 1.64. The Labute approximate surface area is 78.1 Å². The third kappa shape index (κ3) is 3.85. The van der Waals surface area contributed by atoms with Crippen LogP contribution in [0.3, 0.4) is 0 Å². The molecule has 0 aromatic carbocycles. The maximum atomic E-state index is 10.2. The van der Waals surface area contributed by atoms with Gasteiger partial charge < -0.3 is 9.53 Å². The van der Waals surface area contributed by atoms with Crippen LogP contribution in [-0.2, 0) is 19.3 Å². The molecule has 76 valence electrons. The lowest BCUT2D eigenvalue weighted by atomic mass is 10.1. The standard InChI is InChI=1S/C9H16O4/c1-8(2,3)13-12-7-9(4-5-10)6-11-9/h5H,4,6-7H2,1-3H3. The van der Waals surface area contributed by atoms with Gasteiger partial charge in [0.05, 0.1) is 12.2 Å². The molecule has 1 aliphatic heterocycles. The zero-order valence-corrected chi connectivity index (χ0v) is 8.33. The van der Waals surface area contributed by atoms with E-state index in [2.05, 4.69) is 0 Å². The first-order valence-corrected chi connectivity index (χ1v) is 4.36. The second kappa shape index (κ2) is 3.74. The quantitative estimate of drug-likeness (QED) is 0.280. The van der Waals surface area contributed by atoms with E-state index in [1.54, 1.807) is 0 Å². The second-order valence-electron chi connectivity index (χ2n) is 4.30. The predicted molar refractivity (Wildman–Crippen MR) is 46.2 cm³/mol. The molecule has 1 rings (SSSR count). The molecule has 0 aromatic rings. The summed E-state index contributed by atoms with van der Waals surface area (Å²) in [5, 5.41) is 0. The van der Waals surface area contributed by atoms with E-state index in [0.717, 1.165) is 6.29 Å². The van der Waals surface area contributed by atoms with E-state index in [1.807, 2.05) is 20.8 Å². The highest BCUT2D eigenvalue weighted by Crippen LogP contribution is 2.30. The van der Waals surface area contributed by atoms with Crippen LogP contribution >= 0.6 is 0 Å². The summed E-state index contributed by atoms with van der Waals surface area (Å²) in [5.74, 6) is 0. The van der Waals surface area contributed by atoms with Gasteiger partial charge in [-0.25, -0.2) is 9.78 Å². The average molecular weight is 188 g/mol. The third-order valence-electron chi connectivity index (χ3n) is 1.64. The SMILES string of the molecule is CC(C)(C)OOCC1(CC=O)CO1. The average Bonchev–Trinajstić information content (AvgIpc) is 2.67. The van der Waals surface area contributed by atoms with Gasteiger partial charge in [0.15, 0.2) is 0 Å². The van der Waals surface area contributed by atoms with Gasteiger partial charge in [-0.05, 0) is 20.8 Å². The Kier molecular flexibility index (Phi) is 3.05. The lowest BCUT2D eigenvalue weighted by Crippen LogP contribution is -2.25. The topological polar surface area (TPSA) is 48.1 Å². The first-order valence-electron chi connectivity index (χ1n) is 4.36. The van der Waals surface area contributed by atoms with Gasteiger partial charge >= 0.3 is 0 Å². The Morgan fingerprint density at radius 1 is 1.54 bits per heavy atom. The van der Waals surface area contributed by atoms with Crippen molar-refractivity contribution in [2.45, 2.75) is 38.4 Å². The molecule has 0 aromatic heterocycles. The number of hydrogen-bond acceptors (Lipinski definition) is 4. The number of rotatable bonds is 5. The number of aldehydes is 1. The molecule has 1 unspecified atom stereocenters. The Bertz CT molecular complexity index is 179. The Balaban J connectivity index is 2.16. The first kappa shape index (κ1) is 10.6. The van der Waals surface area contributed by atoms with Crippen LogP contribution in [-0.4, -0.2) is 30.7 Å². The smallest absolute Gasteiger partial charge is 0.125 e. The molecule has 0 bridgehead atoms. The second-order valence-corrected chi connectivity index (χ2v) is 4.30. The summed E-state index contributed by atoms with van der Waals surface area (Å²) in [6.45, 7) is 6.59. The molecule has 13 heavy (non-hydrogen) atoms. The molecule has 0 amide bonds. The summed E-state index contributed by atoms with van der Waals surface area (Å²) in [4.78, 5) is 20.3. The summed E-state index contributed by atoms with van der Waals surface area (Å²) in [6.07, 6.45) is 1.22. The van der Waals surface area contributed by atoms with E-state index < -0.39 is 5.60 Å². The molecule has 0 N–H and O–H groups in total. The molecule has 0 spiro atoms. The monoisotopic (exact) mass is 188 g/mol. The van der Waals surface area contributed by atoms with Crippen LogP contribution < -0.4 is 0 Å². The zero-order chi connectivity index (χ0) is 9.95. The zero-order valence-electron chi connectivity index (χ0n) is 8.33. The minimum Gasteiger partial charge on any atom is -0.366 e. The van der Waals surface area contributed by atoms with Crippen LogP contribution in [0.1, 0.15) is 27.2 Å². The Morgan fingerprint density at radius 2 is 2.15 bits per heavy atom. The van der Waals surface area contributed by atoms with Gasteiger partial charge in [-0.1, -0.05) is 0 Å². The maximum absolute atomic E-state index is 10.2. The highest BCUT2D eigenvalue weighted by molar-refractivity contribution is 5.52. The number of hydrogen-bond donors (Lipinski definition) is 0. The molecule has 4 nitrogen and oxygen atoms in total. The van der Waals surface area contributed by atoms with Crippen LogP contribution in [0.5, 0.6) is 0 Å². The lowest BCUT2D eigenvalue weighted by molar-refractivity contribution is -0.354. The molecule has 1 atom stereocenters. The minimum atomic E-state index is -0.396. The normalized spacial score (nSPS) is 27.3. The Morgan fingerprint density at radius 3 is 2.54 bits per heavy atom. The molecule has 4 heteroatoms. The van der Waals surface area contributed by atoms with E-state index in [-0.39, 0.29) is 5.60 Å². The summed E-state index contributed by atoms with van der Waals surface area (Å²) >= 11 is 0. The van der Waals surface area contributed by atoms with E-state index in [0.29, 0.717) is 19.6 Å². The lowest BCUT2D eigenvalue weighted by Gasteiger charge is -2.18. The van der Waals surface area contributed by atoms with Crippen molar-refractivity contribution >= 4 is 6.29 Å². The fourth-order valence-corrected chi connectivity index (χ4v) is 0.828. The molecular formula is C9H16O4. The van der Waals surface area contributed by atoms with Crippen LogP contribution in [0.15, 0.2) is 0 Å². The highest BCUT2D eigenvalue weighted by Gasteiger charge is 2.45. The summed E-state index contributed by atoms with van der Waals surface area (Å²) < 4.78 is 5.12. The number of epoxide rings is 1. The van der Waals surface area contributed by atoms with E-state index in [4.69, 9.17) is 14.5 Å². The largest absolute Gasteiger partial charge is 0.366 e. The van der Waals surface area contributed by atoms with Crippen LogP contribution in [0.4, 0.5) is 0 Å². The molecule has 1 saturated heterocycles. The predicted octanol–water partition coefficient (Wildman–Crippen LogP) is 1.09. The van der Waals surface area contributed by atoms with Gasteiger partial charge in [0, 0.05) is 6.42 Å². The first-order chi connectivity index (χ1) is 5.97. The van der Waals surface area contributed by atoms with Gasteiger partial charge in [-0.15, -0.1) is 0 Å². The van der Waals surface area contributed by atoms with Gasteiger partial charge in [0.2, 0.25) is 0 Å². The summed E-state index contributed by atoms with van der Waals surface area (Å²) in [6, 6.07) is 0. The fraction of sp³-hybridized carbons (Fsp3) is 0.889. The molecule has 0 aliphatic carbocycles. The molecule has 1 heterocycles. The van der Waals surface area contributed by atoms with E-state index >= 15 is 0 Å². The molecule has 1 aliphatic rings. The maximum Gasteiger partial charge on any atom is 0.125 e. The van der Waals surface area contributed by atoms with E-state index in [1.165, 1.54) is 0 Å². The van der Waals surface area contributed by atoms with Gasteiger partial charge in [0.1, 0.15) is 18.5 Å². The number of ether oxygens (including phenoxy) is 1. The van der Waals surface area contributed by atoms with Crippen LogP contribution in [0, 0.1) is 0 Å². The van der Waals surface area contributed by atoms with Crippen molar-refractivity contribution in [3.05, 3.63) is 0 Å². The Hall–Kier alpha value is -0.450. The summed E-state index contributed by atoms with van der Waals surface area (Å²) in [5.41, 5.74) is -0.718. The highest BCUT2D eigenvalue weighted by atomic mass is 17.2. The van der Waals surface area contributed by atoms with E-state index in [9.17, 15) is 4.79 Å². The molecule has 1 fully saturated rings. The number of carbonyl (C=O) groups is 1. The van der Waals surface area contributed by atoms with Crippen molar-refractivity contribution in [2.75, 3.05) is 13.2 Å². The van der Waals surface area contributed by atoms with Gasteiger partial charge in [0.25, 0.3) is 0 Å². The molecule has 0 radical (unpaired) electrons. The molecule has 0 saturated carbocycles. The number of carbonyl (C=O) groups excluding carboxylic acids is 1. The van der Waals surface area contributed by atoms with Gasteiger partial charge in [-0.3, -0.25) is 0 Å². The minimum absolute atomic E-state index is 0.322. The van der Waals surface area contributed by atoms with Crippen molar-refractivity contribution in [1.29, 1.82) is 0 Å². The van der Waals surface area contributed by atoms with Gasteiger partial charge in [-0.2, -0.15) is 0 Å². The van der Waals surface area contributed by atoms with Crippen molar-refractivity contribution in [2.24, 2.45) is 0 Å². The van der Waals surface area contributed by atoms with Crippen molar-refractivity contribution in [1.82, 2.24) is 0 Å². The van der Waals surface area contributed by atoms with Crippen molar-refractivity contribution in [3.8, 4) is 0 Å².